The average Bonchev–Trinajstić information content (AvgIpc) is 2.99. The third kappa shape index (κ3) is 6.19. The lowest BCUT2D eigenvalue weighted by Crippen LogP contribution is -2.37. The molecule has 0 aromatic heterocycles. The number of aliphatic hydroxyl groups is 1. The van der Waals surface area contributed by atoms with Gasteiger partial charge in [0.15, 0.2) is 9.76 Å². The molecule has 0 spiro atoms. The van der Waals surface area contributed by atoms with Crippen molar-refractivity contribution in [1.29, 1.82) is 0 Å². The van der Waals surface area contributed by atoms with E-state index in [1.807, 2.05) is 0 Å². The van der Waals surface area contributed by atoms with Gasteiger partial charge in [-0.3, -0.25) is 0 Å². The number of rotatable bonds is 11. The van der Waals surface area contributed by atoms with E-state index in [0.717, 1.165) is 34.6 Å². The van der Waals surface area contributed by atoms with Crippen LogP contribution < -0.4 is 4.90 Å². The third-order valence-electron chi connectivity index (χ3n) is 7.72. The van der Waals surface area contributed by atoms with E-state index in [1.165, 1.54) is 41.1 Å². The number of hydrogen-bond donors (Lipinski definition) is 1. The SMILES string of the molecule is CCCCCCN1c2cccc(CO)c2Sc2c1cccc2C(O[SiH2]C(C)(C)C)(c1ccccc1)c1ccccc1. The normalized spacial score (nSPS) is 13.4. The number of aliphatic hydroxyl groups excluding tert-OH is 1. The smallest absolute Gasteiger partial charge is 0.169 e. The minimum Gasteiger partial charge on any atom is -0.406 e. The summed E-state index contributed by atoms with van der Waals surface area (Å²) in [6.07, 6.45) is 4.80. The molecule has 214 valence electrons. The van der Waals surface area contributed by atoms with Crippen molar-refractivity contribution in [1.82, 2.24) is 0 Å². The second-order valence-electron chi connectivity index (χ2n) is 12.2. The van der Waals surface area contributed by atoms with Crippen LogP contribution in [0.5, 0.6) is 0 Å². The van der Waals surface area contributed by atoms with Gasteiger partial charge < -0.3 is 14.4 Å². The fourth-order valence-electron chi connectivity index (χ4n) is 5.71. The van der Waals surface area contributed by atoms with Crippen molar-refractivity contribution >= 4 is 32.9 Å². The monoisotopic (exact) mass is 581 g/mol. The number of anilines is 2. The van der Waals surface area contributed by atoms with Crippen LogP contribution in [0.3, 0.4) is 0 Å². The van der Waals surface area contributed by atoms with Crippen LogP contribution in [0.15, 0.2) is 107 Å². The molecule has 1 aliphatic rings. The molecule has 5 rings (SSSR count). The van der Waals surface area contributed by atoms with Gasteiger partial charge >= 0.3 is 0 Å². The predicted molar refractivity (Wildman–Crippen MR) is 176 cm³/mol. The van der Waals surface area contributed by atoms with E-state index in [4.69, 9.17) is 4.43 Å². The highest BCUT2D eigenvalue weighted by atomic mass is 32.2. The Morgan fingerprint density at radius 3 is 1.93 bits per heavy atom. The fraction of sp³-hybridized carbons (Fsp3) is 0.333. The summed E-state index contributed by atoms with van der Waals surface area (Å²) in [6, 6.07) is 34.6. The Bertz CT molecular complexity index is 1400. The lowest BCUT2D eigenvalue weighted by atomic mass is 9.80. The summed E-state index contributed by atoms with van der Waals surface area (Å²) in [7, 11) is -0.977. The average molecular weight is 582 g/mol. The van der Waals surface area contributed by atoms with Gasteiger partial charge in [-0.2, -0.15) is 0 Å². The molecule has 0 radical (unpaired) electrons. The molecule has 5 heteroatoms. The zero-order valence-corrected chi connectivity index (χ0v) is 27.1. The number of unbranched alkanes of at least 4 members (excludes halogenated alkanes) is 3. The molecule has 1 N–H and O–H groups in total. The first-order chi connectivity index (χ1) is 19.9. The zero-order valence-electron chi connectivity index (χ0n) is 24.9. The van der Waals surface area contributed by atoms with E-state index in [-0.39, 0.29) is 11.6 Å². The summed E-state index contributed by atoms with van der Waals surface area (Å²) < 4.78 is 7.37. The lowest BCUT2D eigenvalue weighted by molar-refractivity contribution is 0.154. The highest BCUT2D eigenvalue weighted by molar-refractivity contribution is 7.99. The maximum Gasteiger partial charge on any atom is 0.169 e. The van der Waals surface area contributed by atoms with Crippen molar-refractivity contribution in [2.75, 3.05) is 11.4 Å². The molecule has 3 nitrogen and oxygen atoms in total. The third-order valence-corrected chi connectivity index (χ3v) is 10.5. The molecule has 4 aromatic carbocycles. The largest absolute Gasteiger partial charge is 0.406 e. The van der Waals surface area contributed by atoms with Gasteiger partial charge in [0.1, 0.15) is 5.60 Å². The Hall–Kier alpha value is -2.83. The Balaban J connectivity index is 1.76. The zero-order chi connectivity index (χ0) is 28.9. The Morgan fingerprint density at radius 1 is 0.732 bits per heavy atom. The van der Waals surface area contributed by atoms with Gasteiger partial charge in [-0.05, 0) is 40.3 Å². The topological polar surface area (TPSA) is 32.7 Å². The Morgan fingerprint density at radius 2 is 1.34 bits per heavy atom. The molecule has 0 amide bonds. The highest BCUT2D eigenvalue weighted by Gasteiger charge is 2.42. The number of nitrogens with zero attached hydrogens (tertiary/aromatic N) is 1. The summed E-state index contributed by atoms with van der Waals surface area (Å²) in [6.45, 7) is 10.1. The molecule has 1 aliphatic heterocycles. The van der Waals surface area contributed by atoms with E-state index >= 15 is 0 Å². The van der Waals surface area contributed by atoms with Crippen LogP contribution in [0.25, 0.3) is 0 Å². The molecule has 0 atom stereocenters. The first kappa shape index (κ1) is 29.7. The maximum absolute atomic E-state index is 10.4. The van der Waals surface area contributed by atoms with Gasteiger partial charge in [0, 0.05) is 21.9 Å². The van der Waals surface area contributed by atoms with Gasteiger partial charge in [0.25, 0.3) is 0 Å². The number of benzene rings is 4. The minimum atomic E-state index is -0.977. The lowest BCUT2D eigenvalue weighted by Gasteiger charge is -2.42. The summed E-state index contributed by atoms with van der Waals surface area (Å²) >= 11 is 1.79. The van der Waals surface area contributed by atoms with Crippen molar-refractivity contribution in [2.45, 2.75) is 80.4 Å². The molecule has 1 heterocycles. The van der Waals surface area contributed by atoms with Crippen LogP contribution in [0.1, 0.15) is 75.6 Å². The summed E-state index contributed by atoms with van der Waals surface area (Å²) in [5.41, 5.74) is 6.11. The molecule has 0 aliphatic carbocycles. The summed E-state index contributed by atoms with van der Waals surface area (Å²) in [5, 5.41) is 10.5. The molecular weight excluding hydrogens is 539 g/mol. The van der Waals surface area contributed by atoms with Gasteiger partial charge in [0.05, 0.1) is 18.0 Å². The van der Waals surface area contributed by atoms with Crippen molar-refractivity contribution in [3.05, 3.63) is 119 Å². The molecular formula is C36H43NO2SSi. The van der Waals surface area contributed by atoms with Crippen LogP contribution in [-0.2, 0) is 16.6 Å². The molecule has 41 heavy (non-hydrogen) atoms. The van der Waals surface area contributed by atoms with Crippen LogP contribution >= 0.6 is 11.8 Å². The van der Waals surface area contributed by atoms with Crippen LogP contribution in [0, 0.1) is 0 Å². The van der Waals surface area contributed by atoms with Gasteiger partial charge in [-0.15, -0.1) is 0 Å². The molecule has 0 fully saturated rings. The summed E-state index contributed by atoms with van der Waals surface area (Å²) in [5.74, 6) is 0. The highest BCUT2D eigenvalue weighted by Crippen LogP contribution is 2.55. The van der Waals surface area contributed by atoms with Gasteiger partial charge in [-0.1, -0.05) is 144 Å². The van der Waals surface area contributed by atoms with E-state index in [2.05, 4.69) is 130 Å². The van der Waals surface area contributed by atoms with E-state index < -0.39 is 15.4 Å². The molecule has 0 saturated carbocycles. The predicted octanol–water partition coefficient (Wildman–Crippen LogP) is 8.97. The van der Waals surface area contributed by atoms with Crippen molar-refractivity contribution in [3.8, 4) is 0 Å². The fourth-order valence-corrected chi connectivity index (χ4v) is 8.20. The molecule has 0 saturated heterocycles. The molecule has 0 unspecified atom stereocenters. The van der Waals surface area contributed by atoms with Crippen LogP contribution in [0.2, 0.25) is 5.04 Å². The molecule has 4 aromatic rings. The van der Waals surface area contributed by atoms with Crippen LogP contribution in [-0.4, -0.2) is 21.4 Å². The first-order valence-corrected chi connectivity index (χ1v) is 17.1. The van der Waals surface area contributed by atoms with Crippen LogP contribution in [0.4, 0.5) is 11.4 Å². The standard InChI is InChI=1S/C36H43NO2SSi/c1-5-6-7-14-25-37-31-23-15-17-27(26-38)33(31)40-34-30(22-16-24-32(34)37)36(39-41-35(2,3)4,28-18-10-8-11-19-28)29-20-12-9-13-21-29/h8-13,15-24,38H,5-7,14,25-26,41H2,1-4H3. The second kappa shape index (κ2) is 13.0. The van der Waals surface area contributed by atoms with Gasteiger partial charge in [-0.25, -0.2) is 0 Å². The number of fused-ring (bicyclic) bond motifs is 2. The summed E-state index contributed by atoms with van der Waals surface area (Å²) in [4.78, 5) is 4.85. The second-order valence-corrected chi connectivity index (χ2v) is 15.9. The number of hydrogen-bond acceptors (Lipinski definition) is 4. The minimum absolute atomic E-state index is 0.0211. The Labute approximate surface area is 252 Å². The quantitative estimate of drug-likeness (QED) is 0.109. The van der Waals surface area contributed by atoms with Crippen molar-refractivity contribution in [3.63, 3.8) is 0 Å². The van der Waals surface area contributed by atoms with Crippen molar-refractivity contribution < 1.29 is 9.53 Å². The van der Waals surface area contributed by atoms with Crippen molar-refractivity contribution in [2.24, 2.45) is 0 Å². The first-order valence-electron chi connectivity index (χ1n) is 15.0. The van der Waals surface area contributed by atoms with Gasteiger partial charge in [0.2, 0.25) is 0 Å². The maximum atomic E-state index is 10.4. The Kier molecular flexibility index (Phi) is 9.40. The molecule has 0 bridgehead atoms. The van der Waals surface area contributed by atoms with E-state index in [9.17, 15) is 5.11 Å². The van der Waals surface area contributed by atoms with E-state index in [0.29, 0.717) is 0 Å². The van der Waals surface area contributed by atoms with E-state index in [1.54, 1.807) is 11.8 Å².